The van der Waals surface area contributed by atoms with Gasteiger partial charge in [-0.2, -0.15) is 0 Å². The molecule has 0 aliphatic heterocycles. The molecule has 3 rings (SSSR count). The van der Waals surface area contributed by atoms with E-state index in [9.17, 15) is 4.79 Å². The molecular weight excluding hydrogens is 308 g/mol. The Balaban J connectivity index is 1.69. The number of carbonyl (C=O) groups is 1. The monoisotopic (exact) mass is 332 g/mol. The molecular formula is C17H24N4OS. The Morgan fingerprint density at radius 2 is 2.26 bits per heavy atom. The van der Waals surface area contributed by atoms with Crippen LogP contribution in [0.1, 0.15) is 50.7 Å². The fraction of sp³-hybridized carbons (Fsp3) is 0.588. The molecule has 124 valence electrons. The van der Waals surface area contributed by atoms with E-state index in [0.717, 1.165) is 18.0 Å². The SMILES string of the molecule is CC(C(=O)Nc1nc2c(s1)CC(C(C)(C)C)CC2)n1ccnc1. The number of anilines is 1. The topological polar surface area (TPSA) is 59.8 Å². The standard InChI is InChI=1S/C17H24N4OS/c1-11(21-8-7-18-10-21)15(22)20-16-19-13-6-5-12(17(2,3)4)9-14(13)23-16/h7-8,10-12H,5-6,9H2,1-4H3,(H,19,20,22). The van der Waals surface area contributed by atoms with Crippen molar-refractivity contribution in [3.8, 4) is 0 Å². The third-order valence-electron chi connectivity index (χ3n) is 4.75. The highest BCUT2D eigenvalue weighted by Crippen LogP contribution is 2.40. The van der Waals surface area contributed by atoms with Gasteiger partial charge in [-0.05, 0) is 37.5 Å². The first-order valence-electron chi connectivity index (χ1n) is 8.11. The lowest BCUT2D eigenvalue weighted by molar-refractivity contribution is -0.118. The molecule has 2 heterocycles. The summed E-state index contributed by atoms with van der Waals surface area (Å²) in [5.74, 6) is 0.630. The summed E-state index contributed by atoms with van der Waals surface area (Å²) in [6.07, 6.45) is 8.40. The third kappa shape index (κ3) is 3.47. The van der Waals surface area contributed by atoms with Crippen LogP contribution in [0.3, 0.4) is 0 Å². The first kappa shape index (κ1) is 16.2. The lowest BCUT2D eigenvalue weighted by Gasteiger charge is -2.33. The Kier molecular flexibility index (Phi) is 4.27. The lowest BCUT2D eigenvalue weighted by Crippen LogP contribution is -2.26. The van der Waals surface area contributed by atoms with Gasteiger partial charge >= 0.3 is 0 Å². The van der Waals surface area contributed by atoms with E-state index in [1.54, 1.807) is 34.6 Å². The van der Waals surface area contributed by atoms with E-state index in [0.29, 0.717) is 11.3 Å². The maximum atomic E-state index is 12.4. The van der Waals surface area contributed by atoms with Crippen LogP contribution in [0, 0.1) is 11.3 Å². The number of fused-ring (bicyclic) bond motifs is 1. The Morgan fingerprint density at radius 1 is 1.48 bits per heavy atom. The van der Waals surface area contributed by atoms with Crippen molar-refractivity contribution in [2.45, 2.75) is 53.0 Å². The quantitative estimate of drug-likeness (QED) is 0.932. The minimum Gasteiger partial charge on any atom is -0.325 e. The van der Waals surface area contributed by atoms with Crippen molar-refractivity contribution in [1.82, 2.24) is 14.5 Å². The molecule has 2 atom stereocenters. The van der Waals surface area contributed by atoms with Gasteiger partial charge in [0.25, 0.3) is 0 Å². The van der Waals surface area contributed by atoms with Crippen LogP contribution < -0.4 is 5.32 Å². The van der Waals surface area contributed by atoms with Gasteiger partial charge in [0.05, 0.1) is 12.0 Å². The summed E-state index contributed by atoms with van der Waals surface area (Å²) >= 11 is 1.63. The number of carbonyl (C=O) groups excluding carboxylic acids is 1. The number of aromatic nitrogens is 3. The van der Waals surface area contributed by atoms with Gasteiger partial charge in [0, 0.05) is 17.3 Å². The van der Waals surface area contributed by atoms with E-state index in [4.69, 9.17) is 0 Å². The number of aryl methyl sites for hydroxylation is 1. The second-order valence-corrected chi connectivity index (χ2v) is 8.45. The zero-order valence-corrected chi connectivity index (χ0v) is 15.0. The van der Waals surface area contributed by atoms with Gasteiger partial charge in [0.1, 0.15) is 6.04 Å². The van der Waals surface area contributed by atoms with E-state index < -0.39 is 0 Å². The fourth-order valence-electron chi connectivity index (χ4n) is 3.01. The third-order valence-corrected chi connectivity index (χ3v) is 5.78. The number of rotatable bonds is 3. The number of amides is 1. The molecule has 1 aliphatic rings. The zero-order valence-electron chi connectivity index (χ0n) is 14.2. The molecule has 23 heavy (non-hydrogen) atoms. The summed E-state index contributed by atoms with van der Waals surface area (Å²) in [7, 11) is 0. The van der Waals surface area contributed by atoms with Gasteiger partial charge in [-0.15, -0.1) is 11.3 Å². The van der Waals surface area contributed by atoms with E-state index in [1.807, 2.05) is 6.92 Å². The number of hydrogen-bond acceptors (Lipinski definition) is 4. The van der Waals surface area contributed by atoms with Crippen LogP contribution in [0.2, 0.25) is 0 Å². The van der Waals surface area contributed by atoms with Crippen molar-refractivity contribution in [2.24, 2.45) is 11.3 Å². The minimum atomic E-state index is -0.291. The smallest absolute Gasteiger partial charge is 0.248 e. The number of hydrogen-bond donors (Lipinski definition) is 1. The van der Waals surface area contributed by atoms with Gasteiger partial charge in [0.15, 0.2) is 5.13 Å². The van der Waals surface area contributed by atoms with E-state index >= 15 is 0 Å². The number of nitrogens with zero attached hydrogens (tertiary/aromatic N) is 3. The summed E-state index contributed by atoms with van der Waals surface area (Å²) < 4.78 is 1.79. The number of nitrogens with one attached hydrogen (secondary N) is 1. The molecule has 6 heteroatoms. The Bertz CT molecular complexity index is 684. The molecule has 0 bridgehead atoms. The van der Waals surface area contributed by atoms with Crippen molar-refractivity contribution in [1.29, 1.82) is 0 Å². The first-order chi connectivity index (χ1) is 10.8. The van der Waals surface area contributed by atoms with Gasteiger partial charge in [-0.25, -0.2) is 9.97 Å². The molecule has 2 unspecified atom stereocenters. The molecule has 0 saturated heterocycles. The summed E-state index contributed by atoms with van der Waals surface area (Å²) in [5, 5.41) is 3.68. The van der Waals surface area contributed by atoms with Crippen molar-refractivity contribution >= 4 is 22.4 Å². The van der Waals surface area contributed by atoms with Crippen LogP contribution >= 0.6 is 11.3 Å². The minimum absolute atomic E-state index is 0.0542. The van der Waals surface area contributed by atoms with Gasteiger partial charge < -0.3 is 9.88 Å². The van der Waals surface area contributed by atoms with Crippen molar-refractivity contribution in [3.63, 3.8) is 0 Å². The Morgan fingerprint density at radius 3 is 2.91 bits per heavy atom. The first-order valence-corrected chi connectivity index (χ1v) is 8.93. The second-order valence-electron chi connectivity index (χ2n) is 7.37. The Hall–Kier alpha value is -1.69. The molecule has 5 nitrogen and oxygen atoms in total. The van der Waals surface area contributed by atoms with E-state index in [-0.39, 0.29) is 11.9 Å². The molecule has 0 spiro atoms. The largest absolute Gasteiger partial charge is 0.325 e. The van der Waals surface area contributed by atoms with Crippen molar-refractivity contribution in [2.75, 3.05) is 5.32 Å². The molecule has 0 aromatic carbocycles. The van der Waals surface area contributed by atoms with Crippen LogP contribution in [-0.2, 0) is 17.6 Å². The highest BCUT2D eigenvalue weighted by molar-refractivity contribution is 7.15. The number of imidazole rings is 1. The summed E-state index contributed by atoms with van der Waals surface area (Å²) in [5.41, 5.74) is 1.49. The predicted molar refractivity (Wildman–Crippen MR) is 92.7 cm³/mol. The maximum Gasteiger partial charge on any atom is 0.248 e. The average Bonchev–Trinajstić information content (AvgIpc) is 3.13. The molecule has 1 amide bonds. The maximum absolute atomic E-state index is 12.4. The Labute approximate surface area is 141 Å². The summed E-state index contributed by atoms with van der Waals surface area (Å²) in [6.45, 7) is 8.78. The molecule has 1 aliphatic carbocycles. The fourth-order valence-corrected chi connectivity index (χ4v) is 4.10. The second kappa shape index (κ2) is 6.07. The van der Waals surface area contributed by atoms with E-state index in [1.165, 1.54) is 17.0 Å². The highest BCUT2D eigenvalue weighted by Gasteiger charge is 2.31. The molecule has 0 saturated carbocycles. The normalized spacial score (nSPS) is 19.2. The van der Waals surface area contributed by atoms with E-state index in [2.05, 4.69) is 36.1 Å². The van der Waals surface area contributed by atoms with Crippen LogP contribution in [0.25, 0.3) is 0 Å². The molecule has 1 N–H and O–H groups in total. The van der Waals surface area contributed by atoms with Gasteiger partial charge in [0.2, 0.25) is 5.91 Å². The van der Waals surface area contributed by atoms with Crippen LogP contribution in [0.5, 0.6) is 0 Å². The number of thiazole rings is 1. The van der Waals surface area contributed by atoms with Crippen molar-refractivity contribution in [3.05, 3.63) is 29.3 Å². The van der Waals surface area contributed by atoms with Crippen molar-refractivity contribution < 1.29 is 4.79 Å². The zero-order chi connectivity index (χ0) is 16.6. The van der Waals surface area contributed by atoms with Crippen LogP contribution in [0.15, 0.2) is 18.7 Å². The molecule has 0 fully saturated rings. The molecule has 2 aromatic rings. The summed E-state index contributed by atoms with van der Waals surface area (Å²) in [4.78, 5) is 22.3. The lowest BCUT2D eigenvalue weighted by atomic mass is 9.73. The van der Waals surface area contributed by atoms with Crippen LogP contribution in [0.4, 0.5) is 5.13 Å². The van der Waals surface area contributed by atoms with Crippen LogP contribution in [-0.4, -0.2) is 20.4 Å². The van der Waals surface area contributed by atoms with Gasteiger partial charge in [-0.3, -0.25) is 4.79 Å². The average molecular weight is 332 g/mol. The molecule has 2 aromatic heterocycles. The van der Waals surface area contributed by atoms with Gasteiger partial charge in [-0.1, -0.05) is 20.8 Å². The highest BCUT2D eigenvalue weighted by atomic mass is 32.1. The summed E-state index contributed by atoms with van der Waals surface area (Å²) in [6, 6.07) is -0.291. The predicted octanol–water partition coefficient (Wildman–Crippen LogP) is 3.69. The molecule has 0 radical (unpaired) electrons.